The Morgan fingerprint density at radius 3 is 1.86 bits per heavy atom. The first-order chi connectivity index (χ1) is 9.40. The third-order valence-electron chi connectivity index (χ3n) is 4.25. The summed E-state index contributed by atoms with van der Waals surface area (Å²) in [5, 5.41) is 0. The molecule has 0 aliphatic heterocycles. The first kappa shape index (κ1) is 19.9. The van der Waals surface area contributed by atoms with Gasteiger partial charge in [0, 0.05) is 7.05 Å². The molecule has 21 heavy (non-hydrogen) atoms. The Morgan fingerprint density at radius 2 is 1.57 bits per heavy atom. The number of aliphatic imine (C=N–C) groups is 1. The Kier molecular flexibility index (Phi) is 8.54. The molecule has 0 aliphatic rings. The van der Waals surface area contributed by atoms with Gasteiger partial charge in [-0.15, -0.1) is 35.9 Å². The summed E-state index contributed by atoms with van der Waals surface area (Å²) >= 11 is 0. The maximum absolute atomic E-state index is 4.04. The molecule has 0 atom stereocenters. The van der Waals surface area contributed by atoms with E-state index in [0.717, 1.165) is 11.3 Å². The molecular formula is C19H26IrN. The molecule has 0 amide bonds. The summed E-state index contributed by atoms with van der Waals surface area (Å²) in [6, 6.07) is 10.9. The number of rotatable bonds is 1. The molecule has 2 aromatic carbocycles. The van der Waals surface area contributed by atoms with Gasteiger partial charge < -0.3 is 4.99 Å². The van der Waals surface area contributed by atoms with E-state index in [1.165, 1.54) is 27.8 Å². The zero-order chi connectivity index (χ0) is 15.3. The molecule has 1 nitrogen and oxygen atoms in total. The van der Waals surface area contributed by atoms with Gasteiger partial charge >= 0.3 is 20.1 Å². The zero-order valence-corrected chi connectivity index (χ0v) is 16.7. The minimum absolute atomic E-state index is 0. The van der Waals surface area contributed by atoms with Crippen molar-refractivity contribution in [2.45, 2.75) is 41.5 Å². The van der Waals surface area contributed by atoms with Gasteiger partial charge in [0.25, 0.3) is 0 Å². The van der Waals surface area contributed by atoms with Crippen molar-refractivity contribution in [3.05, 3.63) is 63.7 Å². The van der Waals surface area contributed by atoms with Crippen LogP contribution in [0.4, 0.5) is 0 Å². The SMILES string of the molecule is CN=C(C)c1[c-]cccc1.Cc1c(C)c(C)[c-](C)c1C.[IrH+2]. The molecule has 0 bridgehead atoms. The van der Waals surface area contributed by atoms with Gasteiger partial charge in [0.1, 0.15) is 0 Å². The van der Waals surface area contributed by atoms with Crippen LogP contribution in [0.2, 0.25) is 0 Å². The average molecular weight is 461 g/mol. The molecule has 2 rings (SSSR count). The van der Waals surface area contributed by atoms with Crippen molar-refractivity contribution < 1.29 is 20.1 Å². The molecule has 0 fully saturated rings. The van der Waals surface area contributed by atoms with E-state index in [9.17, 15) is 0 Å². The molecule has 116 valence electrons. The van der Waals surface area contributed by atoms with Gasteiger partial charge in [-0.25, -0.2) is 0 Å². The molecule has 0 aliphatic carbocycles. The number of benzene rings is 1. The van der Waals surface area contributed by atoms with E-state index in [2.05, 4.69) is 45.7 Å². The van der Waals surface area contributed by atoms with Gasteiger partial charge in [0.2, 0.25) is 0 Å². The molecule has 1 radical (unpaired) electrons. The second-order valence-corrected chi connectivity index (χ2v) is 5.21. The van der Waals surface area contributed by atoms with Crippen LogP contribution in [-0.2, 0) is 20.1 Å². The Labute approximate surface area is 143 Å². The van der Waals surface area contributed by atoms with Crippen molar-refractivity contribution in [3.8, 4) is 0 Å². The average Bonchev–Trinajstić information content (AvgIpc) is 2.66. The first-order valence-electron chi connectivity index (χ1n) is 7.00. The zero-order valence-electron chi connectivity index (χ0n) is 14.1. The van der Waals surface area contributed by atoms with E-state index < -0.39 is 0 Å². The van der Waals surface area contributed by atoms with Gasteiger partial charge in [-0.2, -0.15) is 27.8 Å². The summed E-state index contributed by atoms with van der Waals surface area (Å²) in [6.45, 7) is 13.0. The predicted octanol–water partition coefficient (Wildman–Crippen LogP) is 4.60. The normalized spacial score (nSPS) is 10.5. The van der Waals surface area contributed by atoms with Crippen LogP contribution in [0.3, 0.4) is 0 Å². The van der Waals surface area contributed by atoms with Crippen molar-refractivity contribution in [2.24, 2.45) is 4.99 Å². The summed E-state index contributed by atoms with van der Waals surface area (Å²) in [7, 11) is 1.79. The second kappa shape index (κ2) is 9.02. The fourth-order valence-corrected chi connectivity index (χ4v) is 2.15. The topological polar surface area (TPSA) is 12.4 Å². The summed E-state index contributed by atoms with van der Waals surface area (Å²) in [5.74, 6) is 0. The van der Waals surface area contributed by atoms with Crippen LogP contribution in [0, 0.1) is 40.7 Å². The summed E-state index contributed by atoms with van der Waals surface area (Å²) in [4.78, 5) is 4.04. The summed E-state index contributed by atoms with van der Waals surface area (Å²) in [6.07, 6.45) is 0. The monoisotopic (exact) mass is 461 g/mol. The quantitative estimate of drug-likeness (QED) is 0.436. The number of nitrogens with zero attached hydrogens (tertiary/aromatic N) is 1. The Bertz CT molecular complexity index is 511. The molecule has 0 saturated carbocycles. The van der Waals surface area contributed by atoms with E-state index in [1.807, 2.05) is 31.2 Å². The van der Waals surface area contributed by atoms with Crippen LogP contribution in [0.15, 0.2) is 29.3 Å². The Morgan fingerprint density at radius 1 is 1.05 bits per heavy atom. The fraction of sp³-hybridized carbons (Fsp3) is 0.368. The van der Waals surface area contributed by atoms with Gasteiger partial charge in [-0.3, -0.25) is 0 Å². The first-order valence-corrected chi connectivity index (χ1v) is 7.00. The van der Waals surface area contributed by atoms with Crippen LogP contribution < -0.4 is 0 Å². The maximum atomic E-state index is 4.04. The standard InChI is InChI=1S/C10H15.C9H10N.Ir.H/c1-6-7(2)9(4)10(5)8(6)3;1-8(10-2)9-6-4-3-5-7-9;;/h1-5H3;3-6H,1-2H3;;/q2*-1;+2;. The fourth-order valence-electron chi connectivity index (χ4n) is 2.15. The Hall–Kier alpha value is -1.11. The number of hydrogen-bond acceptors (Lipinski definition) is 1. The number of hydrogen-bond donors (Lipinski definition) is 0. The molecule has 0 heterocycles. The van der Waals surface area contributed by atoms with Crippen molar-refractivity contribution in [3.63, 3.8) is 0 Å². The predicted molar refractivity (Wildman–Crippen MR) is 90.5 cm³/mol. The Balaban J connectivity index is 0.000000364. The van der Waals surface area contributed by atoms with Gasteiger partial charge in [-0.1, -0.05) is 41.5 Å². The van der Waals surface area contributed by atoms with Crippen molar-refractivity contribution in [1.29, 1.82) is 0 Å². The molecular weight excluding hydrogens is 434 g/mol. The van der Waals surface area contributed by atoms with E-state index in [0.29, 0.717) is 0 Å². The van der Waals surface area contributed by atoms with E-state index in [4.69, 9.17) is 0 Å². The van der Waals surface area contributed by atoms with Crippen LogP contribution in [-0.4, -0.2) is 12.8 Å². The van der Waals surface area contributed by atoms with Crippen molar-refractivity contribution >= 4 is 5.71 Å². The molecule has 0 unspecified atom stereocenters. The molecule has 0 spiro atoms. The molecule has 2 heteroatoms. The van der Waals surface area contributed by atoms with Crippen LogP contribution in [0.25, 0.3) is 0 Å². The third-order valence-corrected chi connectivity index (χ3v) is 4.25. The van der Waals surface area contributed by atoms with Crippen LogP contribution >= 0.6 is 0 Å². The van der Waals surface area contributed by atoms with Crippen molar-refractivity contribution in [1.82, 2.24) is 0 Å². The van der Waals surface area contributed by atoms with Gasteiger partial charge in [0.05, 0.1) is 0 Å². The summed E-state index contributed by atoms with van der Waals surface area (Å²) < 4.78 is 0. The van der Waals surface area contributed by atoms with E-state index >= 15 is 0 Å². The molecule has 0 N–H and O–H groups in total. The molecule has 0 saturated heterocycles. The van der Waals surface area contributed by atoms with Gasteiger partial charge in [0.15, 0.2) is 0 Å². The van der Waals surface area contributed by atoms with Gasteiger partial charge in [-0.05, 0) is 5.71 Å². The van der Waals surface area contributed by atoms with Crippen LogP contribution in [0.5, 0.6) is 0 Å². The third kappa shape index (κ3) is 4.98. The van der Waals surface area contributed by atoms with E-state index in [-0.39, 0.29) is 20.1 Å². The van der Waals surface area contributed by atoms with Crippen LogP contribution in [0.1, 0.15) is 40.3 Å². The summed E-state index contributed by atoms with van der Waals surface area (Å²) in [5.41, 5.74) is 9.44. The van der Waals surface area contributed by atoms with Crippen molar-refractivity contribution in [2.75, 3.05) is 7.05 Å². The van der Waals surface area contributed by atoms with E-state index in [1.54, 1.807) is 7.05 Å². The molecule has 0 aromatic heterocycles. The minimum atomic E-state index is 0. The molecule has 2 aromatic rings. The second-order valence-electron chi connectivity index (χ2n) is 5.21.